The highest BCUT2D eigenvalue weighted by Gasteiger charge is 2.26. The predicted octanol–water partition coefficient (Wildman–Crippen LogP) is 3.53. The molecule has 1 saturated carbocycles. The number of ether oxygens (including phenoxy) is 1. The maximum absolute atomic E-state index is 13.9. The Morgan fingerprint density at radius 3 is 2.71 bits per heavy atom. The topological polar surface area (TPSA) is 29.5 Å². The van der Waals surface area contributed by atoms with Crippen LogP contribution in [0.15, 0.2) is 18.2 Å². The average Bonchev–Trinajstić information content (AvgIpc) is 3.26. The lowest BCUT2D eigenvalue weighted by Gasteiger charge is -2.26. The van der Waals surface area contributed by atoms with Gasteiger partial charge in [-0.3, -0.25) is 4.79 Å². The lowest BCUT2D eigenvalue weighted by atomic mass is 10.1. The van der Waals surface area contributed by atoms with Crippen LogP contribution in [0.1, 0.15) is 43.5 Å². The van der Waals surface area contributed by atoms with Crippen molar-refractivity contribution >= 4 is 5.78 Å². The van der Waals surface area contributed by atoms with Crippen molar-refractivity contribution in [1.82, 2.24) is 4.90 Å². The number of ketones is 1. The van der Waals surface area contributed by atoms with Crippen molar-refractivity contribution in [3.63, 3.8) is 0 Å². The van der Waals surface area contributed by atoms with Crippen LogP contribution in [0.5, 0.6) is 5.75 Å². The third-order valence-corrected chi connectivity index (χ3v) is 4.02. The Morgan fingerprint density at radius 1 is 1.43 bits per heavy atom. The smallest absolute Gasteiger partial charge is 0.170 e. The third-order valence-electron chi connectivity index (χ3n) is 4.02. The van der Waals surface area contributed by atoms with Crippen molar-refractivity contribution in [2.45, 2.75) is 39.2 Å². The van der Waals surface area contributed by atoms with E-state index in [1.807, 2.05) is 0 Å². The van der Waals surface area contributed by atoms with Crippen molar-refractivity contribution in [1.29, 1.82) is 0 Å². The van der Waals surface area contributed by atoms with Gasteiger partial charge < -0.3 is 9.64 Å². The molecule has 116 valence electrons. The molecule has 0 N–H and O–H groups in total. The summed E-state index contributed by atoms with van der Waals surface area (Å²) in [4.78, 5) is 14.6. The van der Waals surface area contributed by atoms with Gasteiger partial charge in [0.05, 0.1) is 12.7 Å². The molecular weight excluding hydrogens is 269 g/mol. The number of hydrogen-bond acceptors (Lipinski definition) is 3. The maximum Gasteiger partial charge on any atom is 0.170 e. The van der Waals surface area contributed by atoms with Crippen LogP contribution in [0.3, 0.4) is 0 Å². The summed E-state index contributed by atoms with van der Waals surface area (Å²) in [5.41, 5.74) is 0.0788. The summed E-state index contributed by atoms with van der Waals surface area (Å²) in [5, 5.41) is 0. The molecule has 0 heterocycles. The van der Waals surface area contributed by atoms with Crippen molar-refractivity contribution in [3.05, 3.63) is 29.6 Å². The number of carbonyl (C=O) groups excluding carboxylic acids is 1. The molecule has 2 rings (SSSR count). The minimum Gasteiger partial charge on any atom is -0.496 e. The number of rotatable bonds is 8. The second kappa shape index (κ2) is 7.03. The molecule has 1 fully saturated rings. The minimum atomic E-state index is -0.502. The van der Waals surface area contributed by atoms with Crippen LogP contribution >= 0.6 is 0 Å². The fourth-order valence-electron chi connectivity index (χ4n) is 2.51. The summed E-state index contributed by atoms with van der Waals surface area (Å²) in [6, 6.07) is 4.89. The molecule has 0 bridgehead atoms. The summed E-state index contributed by atoms with van der Waals surface area (Å²) in [6.07, 6.45) is 2.90. The molecule has 0 aliphatic heterocycles. The maximum atomic E-state index is 13.9. The van der Waals surface area contributed by atoms with Crippen molar-refractivity contribution < 1.29 is 13.9 Å². The van der Waals surface area contributed by atoms with Gasteiger partial charge in [-0.05, 0) is 44.7 Å². The van der Waals surface area contributed by atoms with E-state index in [0.717, 1.165) is 12.5 Å². The van der Waals surface area contributed by atoms with E-state index < -0.39 is 5.82 Å². The summed E-state index contributed by atoms with van der Waals surface area (Å²) in [7, 11) is 1.46. The molecule has 1 aliphatic carbocycles. The molecule has 1 aliphatic rings. The largest absolute Gasteiger partial charge is 0.496 e. The molecule has 21 heavy (non-hydrogen) atoms. The van der Waals surface area contributed by atoms with Gasteiger partial charge in [0.25, 0.3) is 0 Å². The average molecular weight is 293 g/mol. The summed E-state index contributed by atoms with van der Waals surface area (Å²) >= 11 is 0. The van der Waals surface area contributed by atoms with Crippen molar-refractivity contribution in [3.8, 4) is 5.75 Å². The van der Waals surface area contributed by atoms with Gasteiger partial charge in [0, 0.05) is 25.6 Å². The van der Waals surface area contributed by atoms with Gasteiger partial charge in [-0.1, -0.05) is 6.07 Å². The Kier molecular flexibility index (Phi) is 5.34. The van der Waals surface area contributed by atoms with Crippen molar-refractivity contribution in [2.24, 2.45) is 5.92 Å². The molecule has 0 saturated heterocycles. The van der Waals surface area contributed by atoms with Gasteiger partial charge in [0.15, 0.2) is 5.78 Å². The lowest BCUT2D eigenvalue weighted by Crippen LogP contribution is -2.34. The number of halogens is 1. The highest BCUT2D eigenvalue weighted by molar-refractivity contribution is 5.99. The zero-order valence-electron chi connectivity index (χ0n) is 13.1. The van der Waals surface area contributed by atoms with E-state index in [9.17, 15) is 9.18 Å². The number of carbonyl (C=O) groups is 1. The molecule has 3 nitrogen and oxygen atoms in total. The standard InChI is InChI=1S/C17H24FNO2/c1-12(2)19(11-13-7-8-13)10-9-15(20)17-14(18)5-4-6-16(17)21-3/h4-6,12-13H,7-11H2,1-3H3. The molecule has 0 amide bonds. The van der Waals surface area contributed by atoms with E-state index in [-0.39, 0.29) is 11.3 Å². The van der Waals surface area contributed by atoms with Gasteiger partial charge in [-0.2, -0.15) is 0 Å². The molecule has 0 radical (unpaired) electrons. The number of methoxy groups -OCH3 is 1. The van der Waals surface area contributed by atoms with Gasteiger partial charge in [-0.15, -0.1) is 0 Å². The Labute approximate surface area is 126 Å². The summed E-state index contributed by atoms with van der Waals surface area (Å²) in [5.74, 6) is 0.410. The van der Waals surface area contributed by atoms with E-state index in [0.29, 0.717) is 24.8 Å². The molecule has 0 aromatic heterocycles. The molecule has 0 atom stereocenters. The molecule has 1 aromatic rings. The van der Waals surface area contributed by atoms with E-state index in [1.165, 1.54) is 26.0 Å². The fraction of sp³-hybridized carbons (Fsp3) is 0.588. The molecule has 0 unspecified atom stereocenters. The van der Waals surface area contributed by atoms with Crippen LogP contribution in [-0.2, 0) is 0 Å². The molecule has 4 heteroatoms. The van der Waals surface area contributed by atoms with Gasteiger partial charge >= 0.3 is 0 Å². The second-order valence-corrected chi connectivity index (χ2v) is 6.02. The Balaban J connectivity index is 2.00. The van der Waals surface area contributed by atoms with Crippen LogP contribution in [0, 0.1) is 11.7 Å². The first-order chi connectivity index (χ1) is 10.0. The molecular formula is C17H24FNO2. The quantitative estimate of drug-likeness (QED) is 0.687. The highest BCUT2D eigenvalue weighted by Crippen LogP contribution is 2.30. The highest BCUT2D eigenvalue weighted by atomic mass is 19.1. The lowest BCUT2D eigenvalue weighted by molar-refractivity contribution is 0.0946. The Hall–Kier alpha value is -1.42. The van der Waals surface area contributed by atoms with Gasteiger partial charge in [-0.25, -0.2) is 4.39 Å². The van der Waals surface area contributed by atoms with Gasteiger partial charge in [0.1, 0.15) is 11.6 Å². The zero-order valence-corrected chi connectivity index (χ0v) is 13.1. The van der Waals surface area contributed by atoms with Crippen LogP contribution in [0.2, 0.25) is 0 Å². The number of benzene rings is 1. The fourth-order valence-corrected chi connectivity index (χ4v) is 2.51. The Morgan fingerprint density at radius 2 is 2.14 bits per heavy atom. The first-order valence-electron chi connectivity index (χ1n) is 7.62. The number of Topliss-reactive ketones (excluding diaryl/α,β-unsaturated/α-hetero) is 1. The number of hydrogen-bond donors (Lipinski definition) is 0. The first-order valence-corrected chi connectivity index (χ1v) is 7.62. The first kappa shape index (κ1) is 16.0. The minimum absolute atomic E-state index is 0.0788. The van der Waals surface area contributed by atoms with Crippen LogP contribution in [0.25, 0.3) is 0 Å². The summed E-state index contributed by atoms with van der Waals surface area (Å²) < 4.78 is 19.0. The van der Waals surface area contributed by atoms with E-state index in [4.69, 9.17) is 4.74 Å². The SMILES string of the molecule is COc1cccc(F)c1C(=O)CCN(CC1CC1)C(C)C. The second-order valence-electron chi connectivity index (χ2n) is 6.02. The molecule has 0 spiro atoms. The van der Waals surface area contributed by atoms with Crippen LogP contribution in [0.4, 0.5) is 4.39 Å². The Bertz CT molecular complexity index is 498. The summed E-state index contributed by atoms with van der Waals surface area (Å²) in [6.45, 7) is 5.98. The monoisotopic (exact) mass is 293 g/mol. The predicted molar refractivity (Wildman–Crippen MR) is 81.3 cm³/mol. The van der Waals surface area contributed by atoms with E-state index in [1.54, 1.807) is 12.1 Å². The van der Waals surface area contributed by atoms with E-state index >= 15 is 0 Å². The third kappa shape index (κ3) is 4.27. The number of nitrogens with zero attached hydrogens (tertiary/aromatic N) is 1. The van der Waals surface area contributed by atoms with Crippen molar-refractivity contribution in [2.75, 3.05) is 20.2 Å². The van der Waals surface area contributed by atoms with Crippen LogP contribution in [-0.4, -0.2) is 36.9 Å². The normalized spacial score (nSPS) is 14.8. The van der Waals surface area contributed by atoms with Gasteiger partial charge in [0.2, 0.25) is 0 Å². The van der Waals surface area contributed by atoms with E-state index in [2.05, 4.69) is 18.7 Å². The molecule has 1 aromatic carbocycles. The zero-order chi connectivity index (χ0) is 15.4. The van der Waals surface area contributed by atoms with Crippen LogP contribution < -0.4 is 4.74 Å².